The van der Waals surface area contributed by atoms with Gasteiger partial charge in [0.1, 0.15) is 5.69 Å². The lowest BCUT2D eigenvalue weighted by molar-refractivity contribution is -0.384. The lowest BCUT2D eigenvalue weighted by atomic mass is 10.2. The van der Waals surface area contributed by atoms with Crippen molar-refractivity contribution in [1.29, 1.82) is 0 Å². The van der Waals surface area contributed by atoms with E-state index in [9.17, 15) is 18.5 Å². The number of nitrogens with one attached hydrogen (secondary N) is 1. The number of nitrogens with zero attached hydrogens (tertiary/aromatic N) is 2. The largest absolute Gasteiger partial charge is 0.295 e. The average molecular weight is 389 g/mol. The van der Waals surface area contributed by atoms with Crippen molar-refractivity contribution in [3.05, 3.63) is 62.1 Å². The number of halogens is 2. The summed E-state index contributed by atoms with van der Waals surface area (Å²) < 4.78 is 22.5. The van der Waals surface area contributed by atoms with E-state index >= 15 is 0 Å². The molecule has 126 valence electrons. The predicted molar refractivity (Wildman–Crippen MR) is 92.1 cm³/mol. The van der Waals surface area contributed by atoms with E-state index in [0.717, 1.165) is 12.1 Å². The predicted octanol–water partition coefficient (Wildman–Crippen LogP) is 3.00. The van der Waals surface area contributed by atoms with Crippen molar-refractivity contribution in [2.45, 2.75) is 4.90 Å². The number of hydrogen-bond acceptors (Lipinski definition) is 6. The number of hydrogen-bond donors (Lipinski definition) is 2. The third kappa shape index (κ3) is 4.42. The Bertz CT molecular complexity index is 932. The van der Waals surface area contributed by atoms with Crippen LogP contribution in [0.3, 0.4) is 0 Å². The molecule has 8 nitrogen and oxygen atoms in total. The maximum absolute atomic E-state index is 11.3. The summed E-state index contributed by atoms with van der Waals surface area (Å²) in [7, 11) is -4.05. The van der Waals surface area contributed by atoms with Crippen molar-refractivity contribution in [2.75, 3.05) is 5.43 Å². The molecule has 0 amide bonds. The van der Waals surface area contributed by atoms with Gasteiger partial charge in [0.05, 0.1) is 21.1 Å². The van der Waals surface area contributed by atoms with Crippen molar-refractivity contribution in [3.63, 3.8) is 0 Å². The number of anilines is 1. The van der Waals surface area contributed by atoms with E-state index < -0.39 is 20.6 Å². The first-order valence-electron chi connectivity index (χ1n) is 6.24. The minimum Gasteiger partial charge on any atom is -0.272 e. The monoisotopic (exact) mass is 388 g/mol. The van der Waals surface area contributed by atoms with Crippen LogP contribution in [-0.4, -0.2) is 19.6 Å². The van der Waals surface area contributed by atoms with Gasteiger partial charge in [-0.3, -0.25) is 15.5 Å². The summed E-state index contributed by atoms with van der Waals surface area (Å²) in [5, 5.41) is 20.7. The minimum absolute atomic E-state index is 0.00580. The Morgan fingerprint density at radius 1 is 1.21 bits per heavy atom. The Morgan fingerprint density at radius 3 is 2.50 bits per heavy atom. The molecule has 0 unspecified atom stereocenters. The zero-order chi connectivity index (χ0) is 17.9. The van der Waals surface area contributed by atoms with Crippen LogP contribution in [0.4, 0.5) is 11.4 Å². The second-order valence-electron chi connectivity index (χ2n) is 4.52. The third-order valence-electron chi connectivity index (χ3n) is 2.85. The van der Waals surface area contributed by atoms with E-state index in [-0.39, 0.29) is 10.6 Å². The second-order valence-corrected chi connectivity index (χ2v) is 6.92. The molecule has 0 atom stereocenters. The fraction of sp³-hybridized carbons (Fsp3) is 0. The van der Waals surface area contributed by atoms with Gasteiger partial charge in [-0.1, -0.05) is 29.3 Å². The topological polar surface area (TPSA) is 128 Å². The minimum atomic E-state index is -4.05. The Balaban J connectivity index is 2.29. The van der Waals surface area contributed by atoms with Gasteiger partial charge in [-0.05, 0) is 24.3 Å². The van der Waals surface area contributed by atoms with Crippen molar-refractivity contribution in [2.24, 2.45) is 10.2 Å². The number of benzene rings is 2. The Morgan fingerprint density at radius 2 is 1.92 bits per heavy atom. The summed E-state index contributed by atoms with van der Waals surface area (Å²) >= 11 is 11.7. The van der Waals surface area contributed by atoms with Crippen LogP contribution in [0.15, 0.2) is 46.4 Å². The number of nitro groups is 1. The zero-order valence-corrected chi connectivity index (χ0v) is 14.1. The first-order valence-corrected chi connectivity index (χ1v) is 8.54. The highest BCUT2D eigenvalue weighted by Gasteiger charge is 2.18. The van der Waals surface area contributed by atoms with Crippen molar-refractivity contribution in [3.8, 4) is 0 Å². The Kier molecular flexibility index (Phi) is 5.40. The highest BCUT2D eigenvalue weighted by molar-refractivity contribution is 7.89. The summed E-state index contributed by atoms with van der Waals surface area (Å²) in [5.74, 6) is 0. The fourth-order valence-corrected chi connectivity index (χ4v) is 2.70. The van der Waals surface area contributed by atoms with Gasteiger partial charge in [0.2, 0.25) is 10.0 Å². The number of primary sulfonamides is 1. The van der Waals surface area contributed by atoms with Crippen molar-refractivity contribution < 1.29 is 13.3 Å². The van der Waals surface area contributed by atoms with Crippen LogP contribution in [-0.2, 0) is 10.0 Å². The first-order chi connectivity index (χ1) is 11.2. The molecule has 0 aliphatic carbocycles. The number of nitro benzene ring substituents is 1. The lowest BCUT2D eigenvalue weighted by Gasteiger charge is -2.04. The number of rotatable bonds is 5. The molecule has 0 aliphatic heterocycles. The number of nitrogens with two attached hydrogens (primary N) is 1. The summed E-state index contributed by atoms with van der Waals surface area (Å²) in [6, 6.07) is 7.93. The molecule has 0 saturated heterocycles. The summed E-state index contributed by atoms with van der Waals surface area (Å²) in [6.45, 7) is 0. The van der Waals surface area contributed by atoms with E-state index in [1.54, 1.807) is 12.1 Å². The fourth-order valence-electron chi connectivity index (χ4n) is 1.71. The molecule has 0 fully saturated rings. The average Bonchev–Trinajstić information content (AvgIpc) is 2.48. The van der Waals surface area contributed by atoms with E-state index in [1.807, 2.05) is 0 Å². The van der Waals surface area contributed by atoms with Gasteiger partial charge >= 0.3 is 0 Å². The Labute approximate surface area is 147 Å². The highest BCUT2D eigenvalue weighted by atomic mass is 35.5. The van der Waals surface area contributed by atoms with Gasteiger partial charge in [0.15, 0.2) is 0 Å². The van der Waals surface area contributed by atoms with Crippen LogP contribution in [0.2, 0.25) is 10.0 Å². The molecule has 2 rings (SSSR count). The van der Waals surface area contributed by atoms with E-state index in [4.69, 9.17) is 28.3 Å². The van der Waals surface area contributed by atoms with Gasteiger partial charge in [-0.25, -0.2) is 13.6 Å². The molecule has 3 N–H and O–H groups in total. The molecule has 11 heteroatoms. The van der Waals surface area contributed by atoms with Crippen LogP contribution < -0.4 is 10.6 Å². The first kappa shape index (κ1) is 18.1. The quantitative estimate of drug-likeness (QED) is 0.462. The molecule has 0 aromatic heterocycles. The van der Waals surface area contributed by atoms with Gasteiger partial charge in [0, 0.05) is 16.7 Å². The van der Waals surface area contributed by atoms with Gasteiger partial charge in [-0.2, -0.15) is 5.10 Å². The second kappa shape index (κ2) is 7.14. The van der Waals surface area contributed by atoms with Crippen LogP contribution in [0.5, 0.6) is 0 Å². The maximum Gasteiger partial charge on any atom is 0.295 e. The normalized spacial score (nSPS) is 11.6. The highest BCUT2D eigenvalue weighted by Crippen LogP contribution is 2.27. The molecule has 2 aromatic rings. The lowest BCUT2D eigenvalue weighted by Crippen LogP contribution is -2.12. The van der Waals surface area contributed by atoms with Crippen LogP contribution >= 0.6 is 23.2 Å². The van der Waals surface area contributed by atoms with Crippen molar-refractivity contribution >= 4 is 50.8 Å². The molecule has 24 heavy (non-hydrogen) atoms. The van der Waals surface area contributed by atoms with Gasteiger partial charge in [0.25, 0.3) is 5.69 Å². The number of sulfonamides is 1. The summed E-state index contributed by atoms with van der Waals surface area (Å²) in [4.78, 5) is 9.95. The van der Waals surface area contributed by atoms with E-state index in [0.29, 0.717) is 15.6 Å². The summed E-state index contributed by atoms with van der Waals surface area (Å²) in [5.41, 5.74) is 2.51. The summed E-state index contributed by atoms with van der Waals surface area (Å²) in [6.07, 6.45) is 1.34. The number of hydrazone groups is 1. The molecule has 0 aliphatic rings. The zero-order valence-electron chi connectivity index (χ0n) is 11.8. The van der Waals surface area contributed by atoms with Crippen LogP contribution in [0.25, 0.3) is 0 Å². The molecule has 0 radical (unpaired) electrons. The molecular formula is C13H10Cl2N4O4S. The standard InChI is InChI=1S/C13H10Cl2N4O4S/c14-9-2-1-8(11(15)5-9)7-17-18-12-4-3-10(24(16,22)23)6-13(12)19(20)21/h1-7,18H,(H2,16,22,23). The smallest absolute Gasteiger partial charge is 0.272 e. The van der Waals surface area contributed by atoms with Gasteiger partial charge < -0.3 is 0 Å². The molecule has 0 spiro atoms. The molecule has 0 bridgehead atoms. The Hall–Kier alpha value is -2.20. The van der Waals surface area contributed by atoms with Gasteiger partial charge in [-0.15, -0.1) is 0 Å². The van der Waals surface area contributed by atoms with Crippen LogP contribution in [0.1, 0.15) is 5.56 Å². The molecular weight excluding hydrogens is 379 g/mol. The maximum atomic E-state index is 11.3. The third-order valence-corrected chi connectivity index (χ3v) is 4.32. The van der Waals surface area contributed by atoms with E-state index in [1.165, 1.54) is 18.3 Å². The molecule has 2 aromatic carbocycles. The van der Waals surface area contributed by atoms with Crippen LogP contribution in [0, 0.1) is 10.1 Å². The van der Waals surface area contributed by atoms with E-state index in [2.05, 4.69) is 10.5 Å². The molecule has 0 heterocycles. The van der Waals surface area contributed by atoms with Crippen molar-refractivity contribution in [1.82, 2.24) is 0 Å². The molecule has 0 saturated carbocycles. The SMILES string of the molecule is NS(=O)(=O)c1ccc(NN=Cc2ccc(Cl)cc2Cl)c([N+](=O)[O-])c1.